The molecule has 146 valence electrons. The first-order valence-electron chi connectivity index (χ1n) is 8.64. The third kappa shape index (κ3) is 4.08. The molecule has 0 unspecified atom stereocenters. The molecule has 29 heavy (non-hydrogen) atoms. The van der Waals surface area contributed by atoms with E-state index in [9.17, 15) is 14.4 Å². The molecule has 3 N–H and O–H groups in total. The van der Waals surface area contributed by atoms with Crippen molar-refractivity contribution in [2.24, 2.45) is 0 Å². The monoisotopic (exact) mass is 426 g/mol. The Bertz CT molecular complexity index is 1280. The lowest BCUT2D eigenvalue weighted by molar-refractivity contribution is 0.0954. The summed E-state index contributed by atoms with van der Waals surface area (Å²) in [6.45, 7) is 0.175. The van der Waals surface area contributed by atoms with E-state index in [1.54, 1.807) is 54.7 Å². The van der Waals surface area contributed by atoms with Crippen molar-refractivity contribution in [3.8, 4) is 16.8 Å². The topological polar surface area (TPSA) is 99.8 Å². The van der Waals surface area contributed by atoms with Crippen molar-refractivity contribution in [3.63, 3.8) is 0 Å². The minimum Gasteiger partial charge on any atom is -0.346 e. The van der Waals surface area contributed by atoms with Gasteiger partial charge in [-0.3, -0.25) is 19.5 Å². The maximum atomic E-state index is 12.3. The van der Waals surface area contributed by atoms with Crippen LogP contribution in [0.4, 0.5) is 0 Å². The second kappa shape index (κ2) is 7.94. The highest BCUT2D eigenvalue weighted by atomic mass is 35.5. The van der Waals surface area contributed by atoms with Crippen LogP contribution in [0, 0.1) is 0 Å². The number of nitrogens with zero attached hydrogens (tertiary/aromatic N) is 1. The molecule has 7 nitrogen and oxygen atoms in total. The van der Waals surface area contributed by atoms with Gasteiger partial charge < -0.3 is 10.3 Å². The average Bonchev–Trinajstić information content (AvgIpc) is 3.32. The molecule has 1 aromatic carbocycles. The number of carbonyl (C=O) groups is 1. The van der Waals surface area contributed by atoms with E-state index < -0.39 is 0 Å². The molecule has 4 aromatic rings. The molecule has 0 bridgehead atoms. The molecule has 0 fully saturated rings. The normalized spacial score (nSPS) is 10.8. The van der Waals surface area contributed by atoms with Gasteiger partial charge in [-0.05, 0) is 42.0 Å². The zero-order chi connectivity index (χ0) is 20.4. The summed E-state index contributed by atoms with van der Waals surface area (Å²) in [6, 6.07) is 15.3. The summed E-state index contributed by atoms with van der Waals surface area (Å²) in [4.78, 5) is 39.5. The number of H-pyrrole nitrogens is 2. The van der Waals surface area contributed by atoms with Crippen LogP contribution in [0.3, 0.4) is 0 Å². The van der Waals surface area contributed by atoms with E-state index in [0.717, 1.165) is 5.56 Å². The Hall–Kier alpha value is -3.36. The van der Waals surface area contributed by atoms with Gasteiger partial charge >= 0.3 is 0 Å². The fourth-order valence-electron chi connectivity index (χ4n) is 2.86. The predicted molar refractivity (Wildman–Crippen MR) is 113 cm³/mol. The molecule has 3 aromatic heterocycles. The number of hydrogen-bond donors (Lipinski definition) is 3. The minimum absolute atomic E-state index is 0.175. The maximum absolute atomic E-state index is 12.3. The van der Waals surface area contributed by atoms with Gasteiger partial charge in [0.25, 0.3) is 17.0 Å². The molecule has 9 heteroatoms. The summed E-state index contributed by atoms with van der Waals surface area (Å²) < 4.78 is 1.92. The zero-order valence-corrected chi connectivity index (χ0v) is 16.5. The standard InChI is InChI=1S/C20H15ClN4O3S/c21-17-8-7-16(29-17)20(28)23-11-13-10-18(26)25(24-13)14-5-3-12(4-6-14)15-2-1-9-22-19(15)27/h1-10,24H,11H2,(H,22,27)(H,23,28). The first-order chi connectivity index (χ1) is 14.0. The Morgan fingerprint density at radius 2 is 1.90 bits per heavy atom. The van der Waals surface area contributed by atoms with E-state index in [1.807, 2.05) is 0 Å². The fourth-order valence-corrected chi connectivity index (χ4v) is 3.82. The van der Waals surface area contributed by atoms with Crippen molar-refractivity contribution >= 4 is 28.8 Å². The van der Waals surface area contributed by atoms with Gasteiger partial charge in [-0.2, -0.15) is 0 Å². The van der Waals surface area contributed by atoms with Crippen molar-refractivity contribution in [2.45, 2.75) is 6.54 Å². The van der Waals surface area contributed by atoms with Crippen molar-refractivity contribution in [1.29, 1.82) is 0 Å². The van der Waals surface area contributed by atoms with Crippen LogP contribution in [0.5, 0.6) is 0 Å². The molecule has 3 heterocycles. The Labute approximate surface area is 173 Å². The van der Waals surface area contributed by atoms with Crippen LogP contribution in [-0.2, 0) is 6.54 Å². The second-order valence-corrected chi connectivity index (χ2v) is 7.92. The van der Waals surface area contributed by atoms with Gasteiger partial charge in [0.2, 0.25) is 0 Å². The molecule has 0 atom stereocenters. The number of rotatable bonds is 5. The third-order valence-corrected chi connectivity index (χ3v) is 5.49. The van der Waals surface area contributed by atoms with Gasteiger partial charge in [-0.15, -0.1) is 11.3 Å². The highest BCUT2D eigenvalue weighted by Crippen LogP contribution is 2.21. The number of carbonyl (C=O) groups excluding carboxylic acids is 1. The SMILES string of the molecule is O=C(NCc1cc(=O)n(-c2ccc(-c3ccc[nH]c3=O)cc2)[nH]1)c1ccc(Cl)s1. The van der Waals surface area contributed by atoms with E-state index in [4.69, 9.17) is 11.6 Å². The van der Waals surface area contributed by atoms with Gasteiger partial charge in [0.15, 0.2) is 0 Å². The summed E-state index contributed by atoms with van der Waals surface area (Å²) in [5, 5.41) is 5.73. The van der Waals surface area contributed by atoms with Crippen LogP contribution in [0.2, 0.25) is 4.34 Å². The molecule has 0 saturated carbocycles. The van der Waals surface area contributed by atoms with Crippen molar-refractivity contribution in [2.75, 3.05) is 0 Å². The lowest BCUT2D eigenvalue weighted by atomic mass is 10.1. The van der Waals surface area contributed by atoms with Gasteiger partial charge in [0.05, 0.1) is 27.1 Å². The molecule has 4 rings (SSSR count). The van der Waals surface area contributed by atoms with E-state index in [0.29, 0.717) is 26.2 Å². The molecular formula is C20H15ClN4O3S. The number of halogens is 1. The van der Waals surface area contributed by atoms with Gasteiger partial charge in [0.1, 0.15) is 0 Å². The highest BCUT2D eigenvalue weighted by molar-refractivity contribution is 7.17. The van der Waals surface area contributed by atoms with Crippen molar-refractivity contribution in [3.05, 3.63) is 96.4 Å². The number of hydrogen-bond acceptors (Lipinski definition) is 4. The van der Waals surface area contributed by atoms with Crippen LogP contribution >= 0.6 is 22.9 Å². The predicted octanol–water partition coefficient (Wildman–Crippen LogP) is 3.17. The Balaban J connectivity index is 1.50. The molecule has 0 aliphatic carbocycles. The molecule has 0 aliphatic rings. The van der Waals surface area contributed by atoms with Gasteiger partial charge in [-0.1, -0.05) is 23.7 Å². The number of thiophene rings is 1. The molecule has 0 aliphatic heterocycles. The first kappa shape index (κ1) is 19.0. The summed E-state index contributed by atoms with van der Waals surface area (Å²) >= 11 is 7.03. The Morgan fingerprint density at radius 1 is 1.10 bits per heavy atom. The van der Waals surface area contributed by atoms with Crippen molar-refractivity contribution in [1.82, 2.24) is 20.1 Å². The number of nitrogens with one attached hydrogen (secondary N) is 3. The van der Waals surface area contributed by atoms with Crippen LogP contribution in [-0.4, -0.2) is 20.7 Å². The fraction of sp³-hybridized carbons (Fsp3) is 0.0500. The van der Waals surface area contributed by atoms with Crippen LogP contribution in [0.15, 0.2) is 70.4 Å². The molecular weight excluding hydrogens is 412 g/mol. The minimum atomic E-state index is -0.257. The highest BCUT2D eigenvalue weighted by Gasteiger charge is 2.11. The van der Waals surface area contributed by atoms with Gasteiger partial charge in [-0.25, -0.2) is 4.68 Å². The van der Waals surface area contributed by atoms with E-state index in [1.165, 1.54) is 22.1 Å². The summed E-state index contributed by atoms with van der Waals surface area (Å²) in [5.74, 6) is -0.257. The number of benzene rings is 1. The molecule has 0 radical (unpaired) electrons. The lowest BCUT2D eigenvalue weighted by Crippen LogP contribution is -2.22. The Morgan fingerprint density at radius 3 is 2.59 bits per heavy atom. The van der Waals surface area contributed by atoms with Crippen LogP contribution < -0.4 is 16.4 Å². The molecule has 0 saturated heterocycles. The Kier molecular flexibility index (Phi) is 5.20. The van der Waals surface area contributed by atoms with Crippen LogP contribution in [0.1, 0.15) is 15.4 Å². The van der Waals surface area contributed by atoms with E-state index >= 15 is 0 Å². The quantitative estimate of drug-likeness (QED) is 0.457. The van der Waals surface area contributed by atoms with E-state index in [2.05, 4.69) is 15.4 Å². The number of aromatic nitrogens is 3. The number of pyridine rings is 1. The first-order valence-corrected chi connectivity index (χ1v) is 9.84. The summed E-state index contributed by atoms with van der Waals surface area (Å²) in [6.07, 6.45) is 1.58. The smallest absolute Gasteiger partial charge is 0.271 e. The summed E-state index contributed by atoms with van der Waals surface area (Å²) in [5.41, 5.74) is 2.05. The molecule has 0 spiro atoms. The third-order valence-electron chi connectivity index (χ3n) is 4.26. The van der Waals surface area contributed by atoms with Crippen molar-refractivity contribution < 1.29 is 4.79 Å². The van der Waals surface area contributed by atoms with Gasteiger partial charge in [0, 0.05) is 17.8 Å². The zero-order valence-electron chi connectivity index (χ0n) is 14.9. The molecule has 1 amide bonds. The van der Waals surface area contributed by atoms with Crippen LogP contribution in [0.25, 0.3) is 16.8 Å². The van der Waals surface area contributed by atoms with E-state index in [-0.39, 0.29) is 23.6 Å². The largest absolute Gasteiger partial charge is 0.346 e. The summed E-state index contributed by atoms with van der Waals surface area (Å²) in [7, 11) is 0. The number of amides is 1. The number of aromatic amines is 2. The maximum Gasteiger partial charge on any atom is 0.271 e. The second-order valence-electron chi connectivity index (χ2n) is 6.20. The lowest BCUT2D eigenvalue weighted by Gasteiger charge is -2.05. The average molecular weight is 427 g/mol.